The molecule has 0 aliphatic heterocycles. The predicted molar refractivity (Wildman–Crippen MR) is 94.8 cm³/mol. The molecule has 0 fully saturated rings. The minimum Gasteiger partial charge on any atom is -0.439 e. The number of hydrogen-bond donors (Lipinski definition) is 0. The van der Waals surface area contributed by atoms with E-state index in [1.165, 1.54) is 17.0 Å². The number of benzene rings is 2. The fraction of sp³-hybridized carbons (Fsp3) is 0.211. The quantitative estimate of drug-likeness (QED) is 0.588. The number of rotatable bonds is 8. The first kappa shape index (κ1) is 19.3. The maximum Gasteiger partial charge on any atom is 0.415 e. The summed E-state index contributed by atoms with van der Waals surface area (Å²) in [7, 11) is 1.60. The predicted octanol–water partition coefficient (Wildman–Crippen LogP) is 3.38. The molecule has 0 aliphatic carbocycles. The van der Waals surface area contributed by atoms with Crippen LogP contribution >= 0.6 is 0 Å². The smallest absolute Gasteiger partial charge is 0.415 e. The van der Waals surface area contributed by atoms with Crippen LogP contribution in [0.25, 0.3) is 11.5 Å². The summed E-state index contributed by atoms with van der Waals surface area (Å²) >= 11 is 0. The van der Waals surface area contributed by atoms with Crippen LogP contribution in [-0.4, -0.2) is 41.3 Å². The third-order valence-corrected chi connectivity index (χ3v) is 3.74. The molecule has 9 heteroatoms. The van der Waals surface area contributed by atoms with E-state index in [2.05, 4.69) is 14.9 Å². The third-order valence-electron chi connectivity index (χ3n) is 3.74. The van der Waals surface area contributed by atoms with Crippen molar-refractivity contribution >= 4 is 5.91 Å². The number of ether oxygens (including phenoxy) is 2. The van der Waals surface area contributed by atoms with Crippen molar-refractivity contribution in [2.24, 2.45) is 0 Å². The second-order valence-corrected chi connectivity index (χ2v) is 5.80. The third kappa shape index (κ3) is 5.26. The molecule has 0 atom stereocenters. The normalized spacial score (nSPS) is 10.7. The fourth-order valence-corrected chi connectivity index (χ4v) is 2.34. The van der Waals surface area contributed by atoms with Gasteiger partial charge in [0.1, 0.15) is 5.75 Å². The van der Waals surface area contributed by atoms with Crippen molar-refractivity contribution in [1.29, 1.82) is 0 Å². The van der Waals surface area contributed by atoms with E-state index in [0.717, 1.165) is 11.1 Å². The summed E-state index contributed by atoms with van der Waals surface area (Å²) in [5.74, 6) is 0.0385. The van der Waals surface area contributed by atoms with Gasteiger partial charge in [-0.3, -0.25) is 4.79 Å². The Balaban J connectivity index is 1.50. The van der Waals surface area contributed by atoms with Gasteiger partial charge in [0, 0.05) is 19.2 Å². The molecule has 0 N–H and O–H groups in total. The van der Waals surface area contributed by atoms with Crippen LogP contribution in [-0.2, 0) is 11.3 Å². The van der Waals surface area contributed by atoms with Crippen molar-refractivity contribution in [3.63, 3.8) is 0 Å². The number of aromatic nitrogens is 2. The largest absolute Gasteiger partial charge is 0.439 e. The summed E-state index contributed by atoms with van der Waals surface area (Å²) in [5.41, 5.74) is 1.49. The molecule has 28 heavy (non-hydrogen) atoms. The Bertz CT molecular complexity index is 901. The Morgan fingerprint density at radius 3 is 2.50 bits per heavy atom. The zero-order chi connectivity index (χ0) is 19.9. The van der Waals surface area contributed by atoms with Gasteiger partial charge in [-0.2, -0.15) is 8.78 Å². The number of nitrogens with zero attached hydrogens (tertiary/aromatic N) is 3. The number of amides is 1. The van der Waals surface area contributed by atoms with Gasteiger partial charge in [0.25, 0.3) is 11.8 Å². The number of alkyl halides is 2. The molecule has 3 rings (SSSR count). The van der Waals surface area contributed by atoms with Gasteiger partial charge in [-0.25, -0.2) is 0 Å². The summed E-state index contributed by atoms with van der Waals surface area (Å²) in [6.45, 7) is -2.88. The van der Waals surface area contributed by atoms with E-state index in [4.69, 9.17) is 9.15 Å². The van der Waals surface area contributed by atoms with Crippen molar-refractivity contribution in [3.8, 4) is 23.3 Å². The zero-order valence-corrected chi connectivity index (χ0v) is 14.9. The number of likely N-dealkylation sites (N-methyl/N-ethyl adjacent to an activating group) is 1. The van der Waals surface area contributed by atoms with Gasteiger partial charge in [-0.05, 0) is 29.8 Å². The summed E-state index contributed by atoms with van der Waals surface area (Å²) in [6, 6.07) is 15.2. The Kier molecular flexibility index (Phi) is 6.15. The molecule has 0 saturated carbocycles. The number of carbonyl (C=O) groups excluding carboxylic acids is 1. The van der Waals surface area contributed by atoms with Gasteiger partial charge in [-0.15, -0.1) is 5.10 Å². The lowest BCUT2D eigenvalue weighted by Crippen LogP contribution is -2.31. The SMILES string of the molecule is CN(Cc1ccc(OC(F)F)cc1)C(=O)COc1nnc(-c2ccccc2)o1. The second-order valence-electron chi connectivity index (χ2n) is 5.80. The highest BCUT2D eigenvalue weighted by Crippen LogP contribution is 2.20. The van der Waals surface area contributed by atoms with Gasteiger partial charge in [-0.1, -0.05) is 35.4 Å². The van der Waals surface area contributed by atoms with Gasteiger partial charge >= 0.3 is 12.7 Å². The highest BCUT2D eigenvalue weighted by atomic mass is 19.3. The summed E-state index contributed by atoms with van der Waals surface area (Å²) in [4.78, 5) is 13.6. The monoisotopic (exact) mass is 389 g/mol. The van der Waals surface area contributed by atoms with Gasteiger partial charge in [0.2, 0.25) is 0 Å². The molecular formula is C19H17F2N3O4. The molecule has 0 aliphatic rings. The number of halogens is 2. The Labute approximate surface area is 159 Å². The molecule has 0 saturated heterocycles. The molecule has 0 unspecified atom stereocenters. The molecule has 2 aromatic carbocycles. The van der Waals surface area contributed by atoms with Crippen molar-refractivity contribution in [3.05, 3.63) is 60.2 Å². The maximum absolute atomic E-state index is 12.2. The molecule has 3 aromatic rings. The van der Waals surface area contributed by atoms with E-state index in [0.29, 0.717) is 5.89 Å². The van der Waals surface area contributed by atoms with Gasteiger partial charge in [0.15, 0.2) is 6.61 Å². The van der Waals surface area contributed by atoms with Crippen LogP contribution in [0.1, 0.15) is 5.56 Å². The summed E-state index contributed by atoms with van der Waals surface area (Å²) < 4.78 is 39.2. The molecule has 0 bridgehead atoms. The molecule has 1 amide bonds. The lowest BCUT2D eigenvalue weighted by Gasteiger charge is -2.17. The van der Waals surface area contributed by atoms with Gasteiger partial charge in [0.05, 0.1) is 0 Å². The molecule has 1 aromatic heterocycles. The first-order chi connectivity index (χ1) is 13.5. The minimum atomic E-state index is -2.88. The average Bonchev–Trinajstić information content (AvgIpc) is 3.17. The summed E-state index contributed by atoms with van der Waals surface area (Å²) in [6.07, 6.45) is -0.103. The van der Waals surface area contributed by atoms with Gasteiger partial charge < -0.3 is 18.8 Å². The van der Waals surface area contributed by atoms with Crippen LogP contribution in [0.3, 0.4) is 0 Å². The van der Waals surface area contributed by atoms with E-state index in [9.17, 15) is 13.6 Å². The number of carbonyl (C=O) groups is 1. The minimum absolute atomic E-state index is 0.0571. The lowest BCUT2D eigenvalue weighted by molar-refractivity contribution is -0.133. The Hall–Kier alpha value is -3.49. The van der Waals surface area contributed by atoms with Crippen molar-refractivity contribution in [2.75, 3.05) is 13.7 Å². The van der Waals surface area contributed by atoms with Crippen LogP contribution in [0.4, 0.5) is 8.78 Å². The highest BCUT2D eigenvalue weighted by Gasteiger charge is 2.14. The van der Waals surface area contributed by atoms with Crippen LogP contribution in [0.15, 0.2) is 59.0 Å². The molecule has 1 heterocycles. The van der Waals surface area contributed by atoms with E-state index in [1.807, 2.05) is 30.3 Å². The molecule has 146 valence electrons. The lowest BCUT2D eigenvalue weighted by atomic mass is 10.2. The van der Waals surface area contributed by atoms with Crippen molar-refractivity contribution in [2.45, 2.75) is 13.2 Å². The topological polar surface area (TPSA) is 77.7 Å². The van der Waals surface area contributed by atoms with Crippen molar-refractivity contribution < 1.29 is 27.5 Å². The van der Waals surface area contributed by atoms with Crippen LogP contribution < -0.4 is 9.47 Å². The standard InChI is InChI=1S/C19H17F2N3O4/c1-24(11-13-7-9-15(10-8-13)27-18(20)21)16(25)12-26-19-23-22-17(28-19)14-5-3-2-4-6-14/h2-10,18H,11-12H2,1H3. The highest BCUT2D eigenvalue weighted by molar-refractivity contribution is 5.77. The maximum atomic E-state index is 12.2. The zero-order valence-electron chi connectivity index (χ0n) is 14.9. The van der Waals surface area contributed by atoms with E-state index in [1.54, 1.807) is 19.2 Å². The first-order valence-corrected chi connectivity index (χ1v) is 8.30. The van der Waals surface area contributed by atoms with E-state index in [-0.39, 0.29) is 30.9 Å². The van der Waals surface area contributed by atoms with E-state index < -0.39 is 6.61 Å². The first-order valence-electron chi connectivity index (χ1n) is 8.30. The number of hydrogen-bond acceptors (Lipinski definition) is 6. The average molecular weight is 389 g/mol. The Morgan fingerprint density at radius 1 is 1.11 bits per heavy atom. The summed E-state index contributed by atoms with van der Waals surface area (Å²) in [5, 5.41) is 7.63. The fourth-order valence-electron chi connectivity index (χ4n) is 2.34. The molecular weight excluding hydrogens is 372 g/mol. The van der Waals surface area contributed by atoms with E-state index >= 15 is 0 Å². The second kappa shape index (κ2) is 8.94. The van der Waals surface area contributed by atoms with Crippen LogP contribution in [0.5, 0.6) is 11.8 Å². The molecule has 0 radical (unpaired) electrons. The van der Waals surface area contributed by atoms with Crippen molar-refractivity contribution in [1.82, 2.24) is 15.1 Å². The molecule has 7 nitrogen and oxygen atoms in total. The molecule has 0 spiro atoms. The van der Waals surface area contributed by atoms with Crippen LogP contribution in [0.2, 0.25) is 0 Å². The Morgan fingerprint density at radius 2 is 1.82 bits per heavy atom. The van der Waals surface area contributed by atoms with Crippen LogP contribution in [0, 0.1) is 0 Å².